The van der Waals surface area contributed by atoms with Gasteiger partial charge in [0.2, 0.25) is 0 Å². The van der Waals surface area contributed by atoms with Gasteiger partial charge in [-0.1, -0.05) is 6.42 Å². The van der Waals surface area contributed by atoms with E-state index in [9.17, 15) is 13.6 Å². The first kappa shape index (κ1) is 14.7. The minimum absolute atomic E-state index is 0.208. The van der Waals surface area contributed by atoms with E-state index in [1.807, 2.05) is 7.05 Å². The second kappa shape index (κ2) is 6.17. The molecule has 1 saturated heterocycles. The Hall–Kier alpha value is -1.69. The molecule has 3 N–H and O–H groups in total. The number of carbonyl (C=O) groups excluding carboxylic acids is 1. The van der Waals surface area contributed by atoms with Crippen LogP contribution in [0, 0.1) is 11.6 Å². The Morgan fingerprint density at radius 3 is 2.90 bits per heavy atom. The molecule has 20 heavy (non-hydrogen) atoms. The van der Waals surface area contributed by atoms with Crippen molar-refractivity contribution in [3.05, 3.63) is 29.3 Å². The lowest BCUT2D eigenvalue weighted by molar-refractivity contribution is 0.0920. The van der Waals surface area contributed by atoms with Crippen molar-refractivity contribution in [3.63, 3.8) is 0 Å². The number of nitrogens with one attached hydrogen (secondary N) is 1. The van der Waals surface area contributed by atoms with E-state index in [2.05, 4.69) is 10.2 Å². The number of benzene rings is 1. The van der Waals surface area contributed by atoms with Crippen molar-refractivity contribution in [1.82, 2.24) is 10.2 Å². The number of hydrogen-bond acceptors (Lipinski definition) is 3. The number of likely N-dealkylation sites (tertiary alicyclic amines) is 1. The zero-order valence-corrected chi connectivity index (χ0v) is 11.5. The molecule has 6 heteroatoms. The molecule has 0 aliphatic carbocycles. The Kier molecular flexibility index (Phi) is 4.54. The van der Waals surface area contributed by atoms with Gasteiger partial charge in [0.05, 0.1) is 5.69 Å². The van der Waals surface area contributed by atoms with Gasteiger partial charge in [-0.2, -0.15) is 0 Å². The first-order valence-corrected chi connectivity index (χ1v) is 6.72. The molecule has 0 radical (unpaired) electrons. The number of nitrogen functional groups attached to an aromatic ring is 1. The van der Waals surface area contributed by atoms with Crippen molar-refractivity contribution in [2.45, 2.75) is 25.3 Å². The van der Waals surface area contributed by atoms with E-state index in [1.165, 1.54) is 0 Å². The van der Waals surface area contributed by atoms with Crippen molar-refractivity contribution in [2.24, 2.45) is 0 Å². The number of anilines is 1. The van der Waals surface area contributed by atoms with E-state index in [0.29, 0.717) is 6.54 Å². The summed E-state index contributed by atoms with van der Waals surface area (Å²) >= 11 is 0. The number of likely N-dealkylation sites (N-methyl/N-ethyl adjacent to an activating group) is 1. The standard InChI is InChI=1S/C14H19F2N3O/c1-19-7-3-2-4-9(19)8-18-14(20)12-10(15)5-6-11(17)13(12)16/h5-6,9H,2-4,7-8,17H2,1H3,(H,18,20). The van der Waals surface area contributed by atoms with Crippen LogP contribution in [0.5, 0.6) is 0 Å². The summed E-state index contributed by atoms with van der Waals surface area (Å²) in [4.78, 5) is 14.1. The zero-order valence-electron chi connectivity index (χ0n) is 11.5. The highest BCUT2D eigenvalue weighted by atomic mass is 19.1. The number of nitrogens with zero attached hydrogens (tertiary/aromatic N) is 1. The first-order chi connectivity index (χ1) is 9.50. The zero-order chi connectivity index (χ0) is 14.7. The van der Waals surface area contributed by atoms with Crippen molar-refractivity contribution >= 4 is 11.6 Å². The van der Waals surface area contributed by atoms with Crippen LogP contribution in [0.4, 0.5) is 14.5 Å². The average molecular weight is 283 g/mol. The van der Waals surface area contributed by atoms with E-state index >= 15 is 0 Å². The maximum absolute atomic E-state index is 13.7. The summed E-state index contributed by atoms with van der Waals surface area (Å²) in [5, 5.41) is 2.59. The summed E-state index contributed by atoms with van der Waals surface area (Å²) in [6.07, 6.45) is 3.21. The third-order valence-corrected chi connectivity index (χ3v) is 3.77. The molecule has 0 spiro atoms. The highest BCUT2D eigenvalue weighted by Gasteiger charge is 2.23. The predicted molar refractivity (Wildman–Crippen MR) is 73.4 cm³/mol. The maximum Gasteiger partial charge on any atom is 0.257 e. The Morgan fingerprint density at radius 2 is 2.20 bits per heavy atom. The average Bonchev–Trinajstić information content (AvgIpc) is 2.42. The van der Waals surface area contributed by atoms with Gasteiger partial charge in [0.1, 0.15) is 11.4 Å². The number of piperidine rings is 1. The van der Waals surface area contributed by atoms with Crippen LogP contribution in [-0.4, -0.2) is 37.0 Å². The van der Waals surface area contributed by atoms with Gasteiger partial charge in [-0.25, -0.2) is 8.78 Å². The monoisotopic (exact) mass is 283 g/mol. The summed E-state index contributed by atoms with van der Waals surface area (Å²) in [5.74, 6) is -2.66. The van der Waals surface area contributed by atoms with Crippen LogP contribution < -0.4 is 11.1 Å². The van der Waals surface area contributed by atoms with E-state index in [0.717, 1.165) is 37.9 Å². The van der Waals surface area contributed by atoms with Gasteiger partial charge in [-0.05, 0) is 38.6 Å². The molecule has 1 aromatic rings. The summed E-state index contributed by atoms with van der Waals surface area (Å²) < 4.78 is 27.3. The highest BCUT2D eigenvalue weighted by Crippen LogP contribution is 2.19. The molecule has 4 nitrogen and oxygen atoms in total. The van der Waals surface area contributed by atoms with Crippen molar-refractivity contribution in [2.75, 3.05) is 25.9 Å². The summed E-state index contributed by atoms with van der Waals surface area (Å²) in [6, 6.07) is 2.32. The quantitative estimate of drug-likeness (QED) is 0.831. The molecule has 1 heterocycles. The fourth-order valence-electron chi connectivity index (χ4n) is 2.48. The van der Waals surface area contributed by atoms with Crippen LogP contribution in [0.3, 0.4) is 0 Å². The predicted octanol–water partition coefficient (Wildman–Crippen LogP) is 1.76. The smallest absolute Gasteiger partial charge is 0.257 e. The minimum atomic E-state index is -1.00. The number of halogens is 2. The second-order valence-corrected chi connectivity index (χ2v) is 5.17. The topological polar surface area (TPSA) is 58.4 Å². The molecule has 1 amide bonds. The van der Waals surface area contributed by atoms with Crippen molar-refractivity contribution in [3.8, 4) is 0 Å². The van der Waals surface area contributed by atoms with E-state index in [4.69, 9.17) is 5.73 Å². The van der Waals surface area contributed by atoms with E-state index < -0.39 is 23.1 Å². The largest absolute Gasteiger partial charge is 0.396 e. The fraction of sp³-hybridized carbons (Fsp3) is 0.500. The molecule has 1 aliphatic rings. The van der Waals surface area contributed by atoms with Crippen LogP contribution in [0.1, 0.15) is 29.6 Å². The van der Waals surface area contributed by atoms with Gasteiger partial charge in [0.15, 0.2) is 5.82 Å². The van der Waals surface area contributed by atoms with Gasteiger partial charge in [0.25, 0.3) is 5.91 Å². The molecule has 1 atom stereocenters. The molecule has 1 fully saturated rings. The number of amides is 1. The van der Waals surface area contributed by atoms with Gasteiger partial charge in [-0.15, -0.1) is 0 Å². The van der Waals surface area contributed by atoms with Gasteiger partial charge in [-0.3, -0.25) is 4.79 Å². The third-order valence-electron chi connectivity index (χ3n) is 3.77. The van der Waals surface area contributed by atoms with E-state index in [1.54, 1.807) is 0 Å². The molecule has 0 aromatic heterocycles. The minimum Gasteiger partial charge on any atom is -0.396 e. The van der Waals surface area contributed by atoms with Crippen LogP contribution in [0.15, 0.2) is 12.1 Å². The molecular weight excluding hydrogens is 264 g/mol. The lowest BCUT2D eigenvalue weighted by atomic mass is 10.0. The van der Waals surface area contributed by atoms with Crippen molar-refractivity contribution < 1.29 is 13.6 Å². The van der Waals surface area contributed by atoms with Gasteiger partial charge >= 0.3 is 0 Å². The lowest BCUT2D eigenvalue weighted by Gasteiger charge is -2.32. The lowest BCUT2D eigenvalue weighted by Crippen LogP contribution is -2.44. The highest BCUT2D eigenvalue weighted by molar-refractivity contribution is 5.95. The van der Waals surface area contributed by atoms with Gasteiger partial charge < -0.3 is 16.0 Å². The second-order valence-electron chi connectivity index (χ2n) is 5.17. The molecule has 0 bridgehead atoms. The molecule has 1 aromatic carbocycles. The SMILES string of the molecule is CN1CCCCC1CNC(=O)c1c(F)ccc(N)c1F. The number of nitrogens with two attached hydrogens (primary N) is 1. The first-order valence-electron chi connectivity index (χ1n) is 6.72. The Balaban J connectivity index is 2.03. The summed E-state index contributed by atoms with van der Waals surface area (Å²) in [7, 11) is 1.98. The number of hydrogen-bond donors (Lipinski definition) is 2. The van der Waals surface area contributed by atoms with E-state index in [-0.39, 0.29) is 11.7 Å². The molecule has 1 unspecified atom stereocenters. The Morgan fingerprint density at radius 1 is 1.45 bits per heavy atom. The normalized spacial score (nSPS) is 19.9. The summed E-state index contributed by atoms with van der Waals surface area (Å²) in [6.45, 7) is 1.35. The van der Waals surface area contributed by atoms with Crippen LogP contribution in [-0.2, 0) is 0 Å². The molecule has 2 rings (SSSR count). The molecular formula is C14H19F2N3O. The fourth-order valence-corrected chi connectivity index (χ4v) is 2.48. The summed E-state index contributed by atoms with van der Waals surface area (Å²) in [5.41, 5.74) is 4.52. The molecule has 0 saturated carbocycles. The van der Waals surface area contributed by atoms with Crippen LogP contribution >= 0.6 is 0 Å². The van der Waals surface area contributed by atoms with Crippen molar-refractivity contribution in [1.29, 1.82) is 0 Å². The maximum atomic E-state index is 13.7. The van der Waals surface area contributed by atoms with Crippen LogP contribution in [0.25, 0.3) is 0 Å². The molecule has 1 aliphatic heterocycles. The number of rotatable bonds is 3. The molecule has 110 valence electrons. The van der Waals surface area contributed by atoms with Crippen LogP contribution in [0.2, 0.25) is 0 Å². The Bertz CT molecular complexity index is 507. The third kappa shape index (κ3) is 3.07. The Labute approximate surface area is 116 Å². The number of carbonyl (C=O) groups is 1. The van der Waals surface area contributed by atoms with Gasteiger partial charge in [0, 0.05) is 12.6 Å².